The second-order valence-corrected chi connectivity index (χ2v) is 6.78. The van der Waals surface area contributed by atoms with Gasteiger partial charge in [-0.25, -0.2) is 4.98 Å². The molecule has 0 N–H and O–H groups in total. The van der Waals surface area contributed by atoms with Crippen molar-refractivity contribution in [3.05, 3.63) is 41.9 Å². The predicted molar refractivity (Wildman–Crippen MR) is 87.0 cm³/mol. The second-order valence-electron chi connectivity index (χ2n) is 6.78. The molecule has 0 spiro atoms. The zero-order valence-electron chi connectivity index (χ0n) is 13.8. The minimum atomic E-state index is 0.398. The van der Waals surface area contributed by atoms with Gasteiger partial charge in [-0.15, -0.1) is 0 Å². The number of furan rings is 1. The van der Waals surface area contributed by atoms with E-state index in [4.69, 9.17) is 14.1 Å². The van der Waals surface area contributed by atoms with E-state index in [1.807, 2.05) is 18.5 Å². The Morgan fingerprint density at radius 2 is 2.30 bits per heavy atom. The van der Waals surface area contributed by atoms with E-state index >= 15 is 0 Å². The molecule has 1 atom stereocenters. The molecule has 0 amide bonds. The average Bonchev–Trinajstić information content (AvgIpc) is 3.05. The van der Waals surface area contributed by atoms with Gasteiger partial charge in [0.1, 0.15) is 5.76 Å². The third kappa shape index (κ3) is 3.35. The predicted octanol–water partition coefficient (Wildman–Crippen LogP) is 3.02. The molecule has 1 aliphatic carbocycles. The van der Waals surface area contributed by atoms with Gasteiger partial charge < -0.3 is 13.7 Å². The van der Waals surface area contributed by atoms with E-state index in [1.165, 1.54) is 24.2 Å². The molecule has 1 aliphatic heterocycles. The number of imidazole rings is 1. The number of ether oxygens (including phenoxy) is 1. The summed E-state index contributed by atoms with van der Waals surface area (Å²) in [7, 11) is 0. The van der Waals surface area contributed by atoms with E-state index in [2.05, 4.69) is 16.4 Å². The van der Waals surface area contributed by atoms with E-state index in [9.17, 15) is 0 Å². The van der Waals surface area contributed by atoms with Crippen LogP contribution in [0.5, 0.6) is 0 Å². The molecule has 0 radical (unpaired) electrons. The van der Waals surface area contributed by atoms with Crippen molar-refractivity contribution in [2.24, 2.45) is 5.92 Å². The number of fused-ring (bicyclic) bond motifs is 1. The minimum Gasteiger partial charge on any atom is -0.468 e. The third-order valence-corrected chi connectivity index (χ3v) is 4.83. The first kappa shape index (κ1) is 15.0. The summed E-state index contributed by atoms with van der Waals surface area (Å²) in [5.74, 6) is 2.28. The van der Waals surface area contributed by atoms with Gasteiger partial charge in [0.2, 0.25) is 0 Å². The Balaban J connectivity index is 1.54. The lowest BCUT2D eigenvalue weighted by Crippen LogP contribution is -2.36. The Kier molecular flexibility index (Phi) is 4.23. The molecule has 4 rings (SSSR count). The number of nitrogens with zero attached hydrogens (tertiary/aromatic N) is 3. The summed E-state index contributed by atoms with van der Waals surface area (Å²) in [6.45, 7) is 7.47. The quantitative estimate of drug-likeness (QED) is 0.788. The molecule has 0 bridgehead atoms. The summed E-state index contributed by atoms with van der Waals surface area (Å²) in [5, 5.41) is 0. The zero-order chi connectivity index (χ0) is 15.6. The second kappa shape index (κ2) is 6.49. The highest BCUT2D eigenvalue weighted by atomic mass is 16.5. The van der Waals surface area contributed by atoms with Gasteiger partial charge >= 0.3 is 0 Å². The van der Waals surface area contributed by atoms with Crippen molar-refractivity contribution in [2.75, 3.05) is 19.8 Å². The van der Waals surface area contributed by atoms with Crippen molar-refractivity contribution in [3.63, 3.8) is 0 Å². The number of rotatable bonds is 7. The van der Waals surface area contributed by atoms with Crippen LogP contribution in [0.4, 0.5) is 0 Å². The molecule has 5 nitrogen and oxygen atoms in total. The van der Waals surface area contributed by atoms with Gasteiger partial charge in [0, 0.05) is 37.9 Å². The molecule has 0 aromatic carbocycles. The highest BCUT2D eigenvalue weighted by Gasteiger charge is 2.32. The number of hydrogen-bond acceptors (Lipinski definition) is 4. The molecule has 1 fully saturated rings. The van der Waals surface area contributed by atoms with E-state index in [0.717, 1.165) is 51.1 Å². The van der Waals surface area contributed by atoms with Crippen LogP contribution in [0.3, 0.4) is 0 Å². The van der Waals surface area contributed by atoms with E-state index in [1.54, 1.807) is 6.26 Å². The largest absolute Gasteiger partial charge is 0.468 e. The topological polar surface area (TPSA) is 43.4 Å². The standard InChI is InChI=1S/C18H25N3O2/c1-2-22-12-15-9-20(10-16-4-3-7-23-16)11-17-18(15)21(13-19-17)8-14-5-6-14/h3-4,7,13-15H,2,5-6,8-12H2,1H3/t15-/m0/s1. The van der Waals surface area contributed by atoms with Crippen LogP contribution >= 0.6 is 0 Å². The SMILES string of the molecule is CCOC[C@@H]1CN(Cc2ccco2)Cc2ncn(CC3CC3)c21. The fraction of sp³-hybridized carbons (Fsp3) is 0.611. The maximum atomic E-state index is 5.77. The van der Waals surface area contributed by atoms with Gasteiger partial charge in [0.15, 0.2) is 0 Å². The van der Waals surface area contributed by atoms with E-state index in [-0.39, 0.29) is 0 Å². The zero-order valence-corrected chi connectivity index (χ0v) is 13.8. The van der Waals surface area contributed by atoms with Crippen molar-refractivity contribution >= 4 is 0 Å². The van der Waals surface area contributed by atoms with Gasteiger partial charge in [-0.2, -0.15) is 0 Å². The van der Waals surface area contributed by atoms with E-state index < -0.39 is 0 Å². The van der Waals surface area contributed by atoms with Crippen molar-refractivity contribution in [2.45, 2.75) is 45.3 Å². The van der Waals surface area contributed by atoms with Crippen LogP contribution in [0.25, 0.3) is 0 Å². The molecule has 5 heteroatoms. The minimum absolute atomic E-state index is 0.398. The Morgan fingerprint density at radius 3 is 3.04 bits per heavy atom. The van der Waals surface area contributed by atoms with Gasteiger partial charge in [0.05, 0.1) is 31.4 Å². The molecule has 124 valence electrons. The Hall–Kier alpha value is -1.59. The third-order valence-electron chi connectivity index (χ3n) is 4.83. The highest BCUT2D eigenvalue weighted by molar-refractivity contribution is 5.22. The van der Waals surface area contributed by atoms with Crippen LogP contribution < -0.4 is 0 Å². The molecule has 2 aromatic rings. The van der Waals surface area contributed by atoms with Crippen LogP contribution in [0.2, 0.25) is 0 Å². The molecular weight excluding hydrogens is 290 g/mol. The molecule has 0 unspecified atom stereocenters. The number of hydrogen-bond donors (Lipinski definition) is 0. The maximum absolute atomic E-state index is 5.77. The summed E-state index contributed by atoms with van der Waals surface area (Å²) >= 11 is 0. The van der Waals surface area contributed by atoms with Crippen LogP contribution in [0, 0.1) is 5.92 Å². The molecule has 0 saturated heterocycles. The van der Waals surface area contributed by atoms with Crippen molar-refractivity contribution in [1.82, 2.24) is 14.5 Å². The molecule has 3 heterocycles. The fourth-order valence-electron chi connectivity index (χ4n) is 3.56. The van der Waals surface area contributed by atoms with Crippen LogP contribution in [-0.4, -0.2) is 34.2 Å². The summed E-state index contributed by atoms with van der Waals surface area (Å²) < 4.78 is 13.7. The highest BCUT2D eigenvalue weighted by Crippen LogP contribution is 2.34. The summed E-state index contributed by atoms with van der Waals surface area (Å²) in [6, 6.07) is 3.99. The fourth-order valence-corrected chi connectivity index (χ4v) is 3.56. The van der Waals surface area contributed by atoms with Gasteiger partial charge in [-0.1, -0.05) is 0 Å². The molecule has 2 aliphatic rings. The lowest BCUT2D eigenvalue weighted by molar-refractivity contribution is 0.0993. The first-order valence-corrected chi connectivity index (χ1v) is 8.70. The lowest BCUT2D eigenvalue weighted by atomic mass is 9.98. The van der Waals surface area contributed by atoms with Crippen LogP contribution in [-0.2, 0) is 24.4 Å². The van der Waals surface area contributed by atoms with Gasteiger partial charge in [0.25, 0.3) is 0 Å². The van der Waals surface area contributed by atoms with Crippen molar-refractivity contribution in [1.29, 1.82) is 0 Å². The number of aromatic nitrogens is 2. The smallest absolute Gasteiger partial charge is 0.117 e. The molecule has 1 saturated carbocycles. The van der Waals surface area contributed by atoms with Crippen molar-refractivity contribution < 1.29 is 9.15 Å². The van der Waals surface area contributed by atoms with Gasteiger partial charge in [-0.05, 0) is 37.8 Å². The molecule has 2 aromatic heterocycles. The van der Waals surface area contributed by atoms with Crippen LogP contribution in [0.15, 0.2) is 29.1 Å². The Bertz CT molecular complexity index is 631. The first-order valence-electron chi connectivity index (χ1n) is 8.70. The first-order chi connectivity index (χ1) is 11.3. The van der Waals surface area contributed by atoms with Crippen molar-refractivity contribution in [3.8, 4) is 0 Å². The Morgan fingerprint density at radius 1 is 1.39 bits per heavy atom. The molecular formula is C18H25N3O2. The van der Waals surface area contributed by atoms with Crippen LogP contribution in [0.1, 0.15) is 42.8 Å². The maximum Gasteiger partial charge on any atom is 0.117 e. The summed E-state index contributed by atoms with van der Waals surface area (Å²) in [5.41, 5.74) is 2.62. The monoisotopic (exact) mass is 315 g/mol. The lowest BCUT2D eigenvalue weighted by Gasteiger charge is -2.32. The molecule has 23 heavy (non-hydrogen) atoms. The van der Waals surface area contributed by atoms with E-state index in [0.29, 0.717) is 5.92 Å². The van der Waals surface area contributed by atoms with Gasteiger partial charge in [-0.3, -0.25) is 4.90 Å². The Labute approximate surface area is 137 Å². The summed E-state index contributed by atoms with van der Waals surface area (Å²) in [4.78, 5) is 7.13. The summed E-state index contributed by atoms with van der Waals surface area (Å²) in [6.07, 6.45) is 6.52. The normalized spacial score (nSPS) is 21.5. The average molecular weight is 315 g/mol.